The molecule has 11 atom stereocenters. The van der Waals surface area contributed by atoms with E-state index >= 15 is 0 Å². The van der Waals surface area contributed by atoms with Crippen molar-refractivity contribution in [2.45, 2.75) is 180 Å². The van der Waals surface area contributed by atoms with Crippen LogP contribution in [0.3, 0.4) is 0 Å². The van der Waals surface area contributed by atoms with Gasteiger partial charge in [0.2, 0.25) is 59.1 Å². The van der Waals surface area contributed by atoms with Gasteiger partial charge >= 0.3 is 0 Å². The van der Waals surface area contributed by atoms with Crippen LogP contribution in [0.25, 0.3) is 0 Å². The van der Waals surface area contributed by atoms with E-state index in [1.807, 2.05) is 27.7 Å². The maximum atomic E-state index is 14.4. The molecule has 27 nitrogen and oxygen atoms in total. The zero-order chi connectivity index (χ0) is 58.9. The summed E-state index contributed by atoms with van der Waals surface area (Å²) in [7, 11) is 0. The quantitative estimate of drug-likeness (QED) is 0.0119. The second-order valence-corrected chi connectivity index (χ2v) is 20.6. The van der Waals surface area contributed by atoms with Gasteiger partial charge < -0.3 is 87.4 Å². The highest BCUT2D eigenvalue weighted by atomic mass is 32.1. The predicted molar refractivity (Wildman–Crippen MR) is 299 cm³/mol. The van der Waals surface area contributed by atoms with E-state index in [1.54, 1.807) is 13.8 Å². The third kappa shape index (κ3) is 28.6. The van der Waals surface area contributed by atoms with E-state index in [0.717, 1.165) is 0 Å². The molecular weight excluding hydrogens is 1040 g/mol. The topological polar surface area (TPSA) is 468 Å². The van der Waals surface area contributed by atoms with Gasteiger partial charge in [0.1, 0.15) is 54.4 Å². The summed E-state index contributed by atoms with van der Waals surface area (Å²) in [4.78, 5) is 139. The Bertz CT molecular complexity index is 1930. The number of primary amides is 1. The zero-order valence-corrected chi connectivity index (χ0v) is 47.7. The van der Waals surface area contributed by atoms with Gasteiger partial charge in [-0.2, -0.15) is 25.3 Å². The number of amides is 10. The monoisotopic (exact) mass is 1130 g/mol. The van der Waals surface area contributed by atoms with E-state index in [-0.39, 0.29) is 94.0 Å². The molecule has 0 aliphatic rings. The Balaban J connectivity index is 6.88. The molecule has 0 saturated heterocycles. The fraction of sp³-hybridized carbons (Fsp3) is 0.771. The molecule has 77 heavy (non-hydrogen) atoms. The van der Waals surface area contributed by atoms with Crippen LogP contribution in [0.5, 0.6) is 0 Å². The van der Waals surface area contributed by atoms with E-state index in [4.69, 9.17) is 34.4 Å². The molecule has 22 N–H and O–H groups in total. The number of guanidine groups is 1. The molecule has 0 fully saturated rings. The molecule has 0 saturated carbocycles. The number of carbonyl (C=O) groups is 10. The maximum absolute atomic E-state index is 14.4. The average molecular weight is 1130 g/mol. The number of carbonyl (C=O) groups excluding carboxylic acids is 10. The Labute approximate surface area is 463 Å². The molecule has 0 bridgehead atoms. The summed E-state index contributed by atoms with van der Waals surface area (Å²) < 4.78 is 0. The lowest BCUT2D eigenvalue weighted by atomic mass is 9.96. The third-order valence-corrected chi connectivity index (χ3v) is 12.9. The molecule has 0 rings (SSSR count). The van der Waals surface area contributed by atoms with Gasteiger partial charge in [-0.15, -0.1) is 0 Å². The van der Waals surface area contributed by atoms with Crippen molar-refractivity contribution in [3.05, 3.63) is 0 Å². The Morgan fingerprint density at radius 1 is 0.468 bits per heavy atom. The molecule has 0 aliphatic heterocycles. The summed E-state index contributed by atoms with van der Waals surface area (Å²) in [5.41, 5.74) is 33.5. The van der Waals surface area contributed by atoms with E-state index in [9.17, 15) is 53.1 Å². The molecule has 0 aromatic rings. The van der Waals surface area contributed by atoms with Crippen LogP contribution in [-0.2, 0) is 47.9 Å². The van der Waals surface area contributed by atoms with Crippen LogP contribution >= 0.6 is 25.3 Å². The zero-order valence-electron chi connectivity index (χ0n) is 45.9. The minimum Gasteiger partial charge on any atom is -0.391 e. The summed E-state index contributed by atoms with van der Waals surface area (Å²) >= 11 is 8.33. The van der Waals surface area contributed by atoms with E-state index in [0.29, 0.717) is 32.1 Å². The first-order chi connectivity index (χ1) is 36.2. The summed E-state index contributed by atoms with van der Waals surface area (Å²) in [6.45, 7) is 12.1. The van der Waals surface area contributed by atoms with Gasteiger partial charge in [0.25, 0.3) is 0 Å². The highest BCUT2D eigenvalue weighted by Gasteiger charge is 2.37. The van der Waals surface area contributed by atoms with Gasteiger partial charge in [-0.25, -0.2) is 0 Å². The largest absolute Gasteiger partial charge is 0.391 e. The van der Waals surface area contributed by atoms with Crippen LogP contribution in [0.15, 0.2) is 4.99 Å². The normalized spacial score (nSPS) is 15.5. The SMILES string of the molecule is CC[C@H](C)[C@H](NC(=O)[C@H](CCCN=C(N)N)NC(=O)[C@H](CCCCN)NC(=O)[C@H](CC(C)C)NC(=O)[C@H](CS)NC(=O)CN)C(=O)N[C@@H](CCCCN)C(=O)N[C@H](C(=O)N[C@@H](CS)C(=O)N[C@@H](CC(C)C)C(N)=O)[C@@H](C)O. The lowest BCUT2D eigenvalue weighted by molar-refractivity contribution is -0.137. The molecule has 442 valence electrons. The molecule has 0 unspecified atom stereocenters. The first kappa shape index (κ1) is 71.5. The number of hydrogen-bond acceptors (Lipinski definition) is 17. The fourth-order valence-corrected chi connectivity index (χ4v) is 8.10. The van der Waals surface area contributed by atoms with Gasteiger partial charge in [0.05, 0.1) is 12.6 Å². The standard InChI is InChI=1S/C48H92N16O11S2/c1-8-27(6)37(46(74)59-30(15-10-12-18-50)42(70)64-38(28(7)65)47(75)62-35(24-77)45(73)60-32(39(52)67)20-25(2)3)63-41(69)31(16-13-19-55-48(53)54)57-40(68)29(14-9-11-17-49)58-43(71)33(21-26(4)5)61-44(72)34(23-76)56-36(66)22-51/h25-35,37-38,65,76-77H,8-24,49-51H2,1-7H3,(H2,52,67)(H,56,66)(H,57,68)(H,58,71)(H,59,74)(H,60,73)(H,61,72)(H,62,75)(H,63,69)(H,64,70)(H4,53,54,55)/t27-,28+,29-,30-,31-,32-,33-,34-,35-,37-,38-/m0/s1. The number of nitrogens with one attached hydrogen (secondary N) is 9. The first-order valence-corrected chi connectivity index (χ1v) is 27.5. The second kappa shape index (κ2) is 39.0. The molecule has 10 amide bonds. The minimum absolute atomic E-state index is 0.000805. The van der Waals surface area contributed by atoms with Crippen molar-refractivity contribution in [1.82, 2.24) is 47.9 Å². The average Bonchev–Trinajstić information content (AvgIpc) is 3.36. The number of rotatable bonds is 40. The highest BCUT2D eigenvalue weighted by molar-refractivity contribution is 7.80. The highest BCUT2D eigenvalue weighted by Crippen LogP contribution is 2.14. The second-order valence-electron chi connectivity index (χ2n) is 19.8. The molecule has 0 spiro atoms. The third-order valence-electron chi connectivity index (χ3n) is 12.1. The lowest BCUT2D eigenvalue weighted by Gasteiger charge is -2.30. The van der Waals surface area contributed by atoms with Crippen molar-refractivity contribution in [3.63, 3.8) is 0 Å². The number of thiol groups is 2. The van der Waals surface area contributed by atoms with Crippen molar-refractivity contribution in [2.75, 3.05) is 37.7 Å². The molecule has 0 aromatic carbocycles. The number of nitrogens with zero attached hydrogens (tertiary/aromatic N) is 1. The van der Waals surface area contributed by atoms with Crippen molar-refractivity contribution < 1.29 is 53.1 Å². The Kier molecular flexibility index (Phi) is 36.2. The molecular formula is C48H92N16O11S2. The Morgan fingerprint density at radius 3 is 1.25 bits per heavy atom. The van der Waals surface area contributed by atoms with Crippen molar-refractivity contribution in [2.24, 2.45) is 57.1 Å². The summed E-state index contributed by atoms with van der Waals surface area (Å²) in [6.07, 6.45) is 0.907. The number of unbranched alkanes of at least 4 members (excludes halogenated alkanes) is 2. The van der Waals surface area contributed by atoms with Gasteiger partial charge in [-0.3, -0.25) is 52.9 Å². The number of aliphatic hydroxyl groups excluding tert-OH is 1. The number of nitrogens with two attached hydrogens (primary N) is 6. The Morgan fingerprint density at radius 2 is 0.831 bits per heavy atom. The number of aliphatic imine (C=N–C) groups is 1. The summed E-state index contributed by atoms with van der Waals surface area (Å²) in [5.74, 6) is -9.21. The fourth-order valence-electron chi connectivity index (χ4n) is 7.58. The van der Waals surface area contributed by atoms with Crippen LogP contribution in [0, 0.1) is 17.8 Å². The molecule has 0 radical (unpaired) electrons. The summed E-state index contributed by atoms with van der Waals surface area (Å²) in [6, 6.07) is -11.6. The van der Waals surface area contributed by atoms with Crippen LogP contribution in [0.2, 0.25) is 0 Å². The van der Waals surface area contributed by atoms with Crippen molar-refractivity contribution in [1.29, 1.82) is 0 Å². The number of hydrogen-bond donors (Lipinski definition) is 18. The smallest absolute Gasteiger partial charge is 0.245 e. The van der Waals surface area contributed by atoms with Gasteiger partial charge in [-0.1, -0.05) is 48.0 Å². The molecule has 0 aromatic heterocycles. The van der Waals surface area contributed by atoms with Crippen molar-refractivity contribution >= 4 is 90.3 Å². The summed E-state index contributed by atoms with van der Waals surface area (Å²) in [5, 5.41) is 34.1. The van der Waals surface area contributed by atoms with E-state index in [2.05, 4.69) is 78.1 Å². The van der Waals surface area contributed by atoms with E-state index in [1.165, 1.54) is 6.92 Å². The van der Waals surface area contributed by atoms with Crippen LogP contribution in [0.4, 0.5) is 0 Å². The minimum atomic E-state index is -1.66. The molecule has 0 aliphatic carbocycles. The van der Waals surface area contributed by atoms with Crippen LogP contribution in [0.1, 0.15) is 119 Å². The van der Waals surface area contributed by atoms with Gasteiger partial charge in [-0.05, 0) is 102 Å². The maximum Gasteiger partial charge on any atom is 0.245 e. The van der Waals surface area contributed by atoms with Gasteiger partial charge in [0, 0.05) is 18.1 Å². The Hall–Kier alpha value is -5.49. The lowest BCUT2D eigenvalue weighted by Crippen LogP contribution is -2.62. The molecule has 29 heteroatoms. The van der Waals surface area contributed by atoms with Crippen LogP contribution in [-0.4, -0.2) is 168 Å². The van der Waals surface area contributed by atoms with E-state index < -0.39 is 125 Å². The first-order valence-electron chi connectivity index (χ1n) is 26.3. The van der Waals surface area contributed by atoms with Gasteiger partial charge in [0.15, 0.2) is 5.96 Å². The van der Waals surface area contributed by atoms with Crippen LogP contribution < -0.4 is 82.3 Å². The predicted octanol–water partition coefficient (Wildman–Crippen LogP) is -4.52. The molecule has 0 heterocycles. The van der Waals surface area contributed by atoms with Crippen molar-refractivity contribution in [3.8, 4) is 0 Å². The number of aliphatic hydroxyl groups is 1.